The minimum Gasteiger partial charge on any atom is -0.452 e. The number of esters is 1. The van der Waals surface area contributed by atoms with Crippen LogP contribution in [0.5, 0.6) is 0 Å². The van der Waals surface area contributed by atoms with Gasteiger partial charge in [0.2, 0.25) is 0 Å². The topological polar surface area (TPSA) is 68.3 Å². The van der Waals surface area contributed by atoms with Gasteiger partial charge in [0, 0.05) is 21.8 Å². The first-order valence-corrected chi connectivity index (χ1v) is 10.6. The number of benzene rings is 2. The Morgan fingerprint density at radius 1 is 1.00 bits per heavy atom. The van der Waals surface area contributed by atoms with Crippen molar-refractivity contribution in [3.63, 3.8) is 0 Å². The zero-order valence-electron chi connectivity index (χ0n) is 16.6. The van der Waals surface area contributed by atoms with Gasteiger partial charge >= 0.3 is 5.97 Å². The molecule has 1 aromatic heterocycles. The molecule has 0 atom stereocenters. The molecule has 1 heterocycles. The number of fused-ring (bicyclic) bond motifs is 2. The molecule has 5 nitrogen and oxygen atoms in total. The second-order valence-electron chi connectivity index (χ2n) is 7.48. The van der Waals surface area contributed by atoms with E-state index in [0.29, 0.717) is 16.3 Å². The van der Waals surface area contributed by atoms with Crippen molar-refractivity contribution >= 4 is 40.1 Å². The third-order valence-electron chi connectivity index (χ3n) is 5.32. The predicted octanol–water partition coefficient (Wildman–Crippen LogP) is 5.34. The summed E-state index contributed by atoms with van der Waals surface area (Å²) in [5.74, 6) is -0.890. The minimum absolute atomic E-state index is 0.364. The van der Waals surface area contributed by atoms with Gasteiger partial charge in [0.1, 0.15) is 0 Å². The number of anilines is 1. The highest BCUT2D eigenvalue weighted by Gasteiger charge is 2.23. The van der Waals surface area contributed by atoms with Gasteiger partial charge in [-0.25, -0.2) is 4.79 Å². The number of aromatic nitrogens is 1. The van der Waals surface area contributed by atoms with Gasteiger partial charge in [0.15, 0.2) is 6.61 Å². The van der Waals surface area contributed by atoms with Crippen molar-refractivity contribution < 1.29 is 14.3 Å². The van der Waals surface area contributed by atoms with Crippen molar-refractivity contribution in [2.45, 2.75) is 38.5 Å². The Balaban J connectivity index is 1.57. The number of pyridine rings is 1. The number of carbonyl (C=O) groups is 2. The maximum atomic E-state index is 13.1. The van der Waals surface area contributed by atoms with E-state index in [9.17, 15) is 9.59 Å². The van der Waals surface area contributed by atoms with Crippen LogP contribution < -0.4 is 5.32 Å². The number of para-hydroxylation sites is 1. The first-order chi connectivity index (χ1) is 14.6. The van der Waals surface area contributed by atoms with E-state index in [2.05, 4.69) is 5.32 Å². The van der Waals surface area contributed by atoms with Crippen LogP contribution in [0.15, 0.2) is 48.5 Å². The molecule has 154 valence electrons. The number of nitrogens with zero attached hydrogens (tertiary/aromatic N) is 1. The molecular weight excluding hydrogens is 400 g/mol. The van der Waals surface area contributed by atoms with Crippen LogP contribution in [0.1, 0.15) is 47.3 Å². The molecule has 30 heavy (non-hydrogen) atoms. The average molecular weight is 423 g/mol. The lowest BCUT2D eigenvalue weighted by Gasteiger charge is -2.18. The largest absolute Gasteiger partial charge is 0.452 e. The van der Waals surface area contributed by atoms with Gasteiger partial charge < -0.3 is 10.1 Å². The fourth-order valence-corrected chi connectivity index (χ4v) is 4.12. The standard InChI is InChI=1S/C24H23ClN2O3/c25-16-8-7-9-17(14-16)26-22(28)15-30-24(29)23-18-10-3-1-2-4-12-20(18)27-21-13-6-5-11-19(21)23/h5-9,11,13-14H,1-4,10,12,15H2,(H,26,28). The van der Waals surface area contributed by atoms with Crippen LogP contribution in [0.4, 0.5) is 5.69 Å². The van der Waals surface area contributed by atoms with E-state index >= 15 is 0 Å². The molecule has 0 fully saturated rings. The van der Waals surface area contributed by atoms with E-state index in [1.54, 1.807) is 24.3 Å². The van der Waals surface area contributed by atoms with Crippen molar-refractivity contribution in [1.29, 1.82) is 0 Å². The van der Waals surface area contributed by atoms with E-state index in [4.69, 9.17) is 21.3 Å². The molecular formula is C24H23ClN2O3. The fraction of sp³-hybridized carbons (Fsp3) is 0.292. The van der Waals surface area contributed by atoms with Crippen LogP contribution in [-0.2, 0) is 22.4 Å². The summed E-state index contributed by atoms with van der Waals surface area (Å²) in [6, 6.07) is 14.4. The summed E-state index contributed by atoms with van der Waals surface area (Å²) in [6.45, 7) is -0.364. The molecule has 3 aromatic rings. The Morgan fingerprint density at radius 2 is 1.80 bits per heavy atom. The highest BCUT2D eigenvalue weighted by molar-refractivity contribution is 6.30. The maximum absolute atomic E-state index is 13.1. The lowest BCUT2D eigenvalue weighted by atomic mass is 9.91. The Labute approximate surface area is 180 Å². The summed E-state index contributed by atoms with van der Waals surface area (Å²) in [5, 5.41) is 3.99. The monoisotopic (exact) mass is 422 g/mol. The van der Waals surface area contributed by atoms with Crippen LogP contribution in [-0.4, -0.2) is 23.5 Å². The maximum Gasteiger partial charge on any atom is 0.339 e. The molecule has 1 aliphatic rings. The number of carbonyl (C=O) groups excluding carboxylic acids is 2. The first kappa shape index (κ1) is 20.4. The molecule has 0 spiro atoms. The molecule has 0 saturated carbocycles. The van der Waals surface area contributed by atoms with Gasteiger partial charge in [0.25, 0.3) is 5.91 Å². The smallest absolute Gasteiger partial charge is 0.339 e. The summed E-state index contributed by atoms with van der Waals surface area (Å²) in [7, 11) is 0. The third kappa shape index (κ3) is 4.62. The third-order valence-corrected chi connectivity index (χ3v) is 5.55. The number of amides is 1. The van der Waals surface area contributed by atoms with Crippen LogP contribution in [0.3, 0.4) is 0 Å². The summed E-state index contributed by atoms with van der Waals surface area (Å²) in [6.07, 6.45) is 6.06. The van der Waals surface area contributed by atoms with Gasteiger partial charge in [-0.1, -0.05) is 48.7 Å². The molecule has 6 heteroatoms. The minimum atomic E-state index is -0.480. The van der Waals surface area contributed by atoms with Gasteiger partial charge in [0.05, 0.1) is 11.1 Å². The average Bonchev–Trinajstić information content (AvgIpc) is 2.72. The van der Waals surface area contributed by atoms with Crippen molar-refractivity contribution in [2.75, 3.05) is 11.9 Å². The van der Waals surface area contributed by atoms with Crippen molar-refractivity contribution in [1.82, 2.24) is 4.98 Å². The number of hydrogen-bond acceptors (Lipinski definition) is 4. The number of ether oxygens (including phenoxy) is 1. The number of hydrogen-bond donors (Lipinski definition) is 1. The second kappa shape index (κ2) is 9.26. The SMILES string of the molecule is O=C(COC(=O)c1c2c(nc3ccccc13)CCCCCC2)Nc1cccc(Cl)c1. The molecule has 0 bridgehead atoms. The van der Waals surface area contributed by atoms with E-state index in [-0.39, 0.29) is 6.61 Å². The lowest BCUT2D eigenvalue weighted by Crippen LogP contribution is -2.22. The van der Waals surface area contributed by atoms with E-state index in [1.165, 1.54) is 6.42 Å². The molecule has 0 unspecified atom stereocenters. The highest BCUT2D eigenvalue weighted by Crippen LogP contribution is 2.29. The van der Waals surface area contributed by atoms with Gasteiger partial charge in [-0.3, -0.25) is 9.78 Å². The van der Waals surface area contributed by atoms with Gasteiger partial charge in [-0.2, -0.15) is 0 Å². The van der Waals surface area contributed by atoms with Crippen LogP contribution in [0.2, 0.25) is 5.02 Å². The number of nitrogens with one attached hydrogen (secondary N) is 1. The zero-order valence-corrected chi connectivity index (χ0v) is 17.4. The second-order valence-corrected chi connectivity index (χ2v) is 7.91. The predicted molar refractivity (Wildman–Crippen MR) is 118 cm³/mol. The molecule has 2 aromatic carbocycles. The first-order valence-electron chi connectivity index (χ1n) is 10.2. The summed E-state index contributed by atoms with van der Waals surface area (Å²) in [4.78, 5) is 30.2. The molecule has 0 aliphatic heterocycles. The normalized spacial score (nSPS) is 13.8. The zero-order chi connectivity index (χ0) is 20.9. The fourth-order valence-electron chi connectivity index (χ4n) is 3.93. The molecule has 1 aliphatic carbocycles. The van der Waals surface area contributed by atoms with E-state index in [1.807, 2.05) is 24.3 Å². The van der Waals surface area contributed by atoms with Crippen LogP contribution in [0, 0.1) is 0 Å². The van der Waals surface area contributed by atoms with Crippen molar-refractivity contribution in [3.05, 3.63) is 70.4 Å². The Kier molecular flexibility index (Phi) is 6.29. The van der Waals surface area contributed by atoms with Crippen molar-refractivity contribution in [2.24, 2.45) is 0 Å². The molecule has 0 radical (unpaired) electrons. The molecule has 4 rings (SSSR count). The summed E-state index contributed by atoms with van der Waals surface area (Å²) < 4.78 is 5.43. The summed E-state index contributed by atoms with van der Waals surface area (Å²) >= 11 is 5.94. The highest BCUT2D eigenvalue weighted by atomic mass is 35.5. The van der Waals surface area contributed by atoms with E-state index < -0.39 is 11.9 Å². The van der Waals surface area contributed by atoms with Crippen LogP contribution >= 0.6 is 11.6 Å². The molecule has 1 N–H and O–H groups in total. The summed E-state index contributed by atoms with van der Waals surface area (Å²) in [5.41, 5.74) is 3.83. The lowest BCUT2D eigenvalue weighted by molar-refractivity contribution is -0.119. The Morgan fingerprint density at radius 3 is 2.63 bits per heavy atom. The van der Waals surface area contributed by atoms with Gasteiger partial charge in [-0.15, -0.1) is 0 Å². The quantitative estimate of drug-likeness (QED) is 0.576. The Hall–Kier alpha value is -2.92. The number of aryl methyl sites for hydroxylation is 1. The van der Waals surface area contributed by atoms with Gasteiger partial charge in [-0.05, 0) is 55.5 Å². The number of rotatable bonds is 4. The Bertz CT molecular complexity index is 1100. The van der Waals surface area contributed by atoms with Crippen molar-refractivity contribution in [3.8, 4) is 0 Å². The molecule has 0 saturated heterocycles. The number of halogens is 1. The van der Waals surface area contributed by atoms with E-state index in [0.717, 1.165) is 54.3 Å². The van der Waals surface area contributed by atoms with Crippen LogP contribution in [0.25, 0.3) is 10.9 Å². The molecule has 1 amide bonds.